The molecule has 0 atom stereocenters. The van der Waals surface area contributed by atoms with E-state index in [9.17, 15) is 19.7 Å². The summed E-state index contributed by atoms with van der Waals surface area (Å²) in [5.74, 6) is -0.979. The van der Waals surface area contributed by atoms with Gasteiger partial charge in [-0.05, 0) is 42.0 Å². The normalized spacial score (nSPS) is 10.9. The van der Waals surface area contributed by atoms with Crippen molar-refractivity contribution in [2.24, 2.45) is 0 Å². The van der Waals surface area contributed by atoms with Gasteiger partial charge in [-0.1, -0.05) is 51.8 Å². The number of carbonyl (C=O) groups is 2. The lowest BCUT2D eigenvalue weighted by Crippen LogP contribution is -2.31. The summed E-state index contributed by atoms with van der Waals surface area (Å²) in [5, 5.41) is 16.6. The van der Waals surface area contributed by atoms with Crippen LogP contribution in [-0.4, -0.2) is 23.8 Å². The number of rotatable bonds is 7. The smallest absolute Gasteiger partial charge is 0.272 e. The molecule has 0 aliphatic rings. The van der Waals surface area contributed by atoms with E-state index in [0.717, 1.165) is 0 Å². The van der Waals surface area contributed by atoms with Crippen molar-refractivity contribution < 1.29 is 19.2 Å². The number of para-hydroxylation sites is 1. The monoisotopic (exact) mass is 529 g/mol. The predicted molar refractivity (Wildman–Crippen MR) is 129 cm³/mol. The lowest BCUT2D eigenvalue weighted by Gasteiger charge is -2.14. The number of hydrogen-bond donors (Lipinski definition) is 2. The maximum Gasteiger partial charge on any atom is 0.272 e. The van der Waals surface area contributed by atoms with Gasteiger partial charge in [-0.15, -0.1) is 0 Å². The first-order valence-electron chi connectivity index (χ1n) is 9.45. The van der Waals surface area contributed by atoms with Gasteiger partial charge in [0.2, 0.25) is 0 Å². The first kappa shape index (κ1) is 24.0. The van der Waals surface area contributed by atoms with Crippen LogP contribution in [0.4, 0.5) is 11.4 Å². The van der Waals surface area contributed by atoms with Gasteiger partial charge in [0.15, 0.2) is 0 Å². The van der Waals surface area contributed by atoms with Crippen LogP contribution in [0.1, 0.15) is 15.9 Å². The van der Waals surface area contributed by atoms with Crippen LogP contribution in [-0.2, 0) is 4.79 Å². The van der Waals surface area contributed by atoms with Gasteiger partial charge in [-0.25, -0.2) is 0 Å². The summed E-state index contributed by atoms with van der Waals surface area (Å²) in [4.78, 5) is 36.6. The van der Waals surface area contributed by atoms with Crippen molar-refractivity contribution in [1.29, 1.82) is 0 Å². The number of ether oxygens (including phenoxy) is 1. The number of non-ortho nitro benzene ring substituents is 1. The van der Waals surface area contributed by atoms with Gasteiger partial charge in [0, 0.05) is 16.6 Å². The molecule has 0 saturated heterocycles. The Kier molecular flexibility index (Phi) is 7.81. The molecule has 2 amide bonds. The zero-order valence-corrected chi connectivity index (χ0v) is 19.5. The van der Waals surface area contributed by atoms with Crippen molar-refractivity contribution in [3.63, 3.8) is 0 Å². The van der Waals surface area contributed by atoms with Crippen LogP contribution in [0, 0.1) is 10.1 Å². The molecular formula is C23H17BrClN3O5. The summed E-state index contributed by atoms with van der Waals surface area (Å²) in [5.41, 5.74) is 0.554. The van der Waals surface area contributed by atoms with E-state index in [-0.39, 0.29) is 16.9 Å². The van der Waals surface area contributed by atoms with Crippen molar-refractivity contribution in [2.45, 2.75) is 0 Å². The highest BCUT2D eigenvalue weighted by atomic mass is 79.9. The van der Waals surface area contributed by atoms with Crippen LogP contribution in [0.3, 0.4) is 0 Å². The van der Waals surface area contributed by atoms with E-state index >= 15 is 0 Å². The molecule has 0 bridgehead atoms. The Hall–Kier alpha value is -3.69. The molecule has 0 saturated carbocycles. The van der Waals surface area contributed by atoms with E-state index in [1.54, 1.807) is 48.5 Å². The van der Waals surface area contributed by atoms with E-state index in [1.807, 2.05) is 0 Å². The van der Waals surface area contributed by atoms with E-state index in [1.165, 1.54) is 31.4 Å². The van der Waals surface area contributed by atoms with Crippen LogP contribution in [0.2, 0.25) is 5.02 Å². The Balaban J connectivity index is 2.00. The zero-order valence-electron chi connectivity index (χ0n) is 17.2. The second kappa shape index (κ2) is 10.8. The molecule has 0 fully saturated rings. The molecule has 2 N–H and O–H groups in total. The SMILES string of the molecule is COc1ccc(Br)cc1C(=O)N/C(=C\c1cccc([N+](=O)[O-])c1)C(=O)Nc1ccccc1Cl. The van der Waals surface area contributed by atoms with Crippen molar-refractivity contribution in [1.82, 2.24) is 5.32 Å². The Morgan fingerprint density at radius 1 is 1.09 bits per heavy atom. The Morgan fingerprint density at radius 3 is 2.55 bits per heavy atom. The minimum absolute atomic E-state index is 0.151. The number of amides is 2. The molecule has 0 aliphatic carbocycles. The highest BCUT2D eigenvalue weighted by Crippen LogP contribution is 2.24. The molecule has 3 aromatic carbocycles. The number of halogens is 2. The number of hydrogen-bond acceptors (Lipinski definition) is 5. The Morgan fingerprint density at radius 2 is 1.85 bits per heavy atom. The predicted octanol–water partition coefficient (Wildman–Crippen LogP) is 5.43. The topological polar surface area (TPSA) is 111 Å². The fraction of sp³-hybridized carbons (Fsp3) is 0.0435. The fourth-order valence-corrected chi connectivity index (χ4v) is 3.40. The molecular weight excluding hydrogens is 514 g/mol. The summed E-state index contributed by atoms with van der Waals surface area (Å²) < 4.78 is 5.88. The second-order valence-electron chi connectivity index (χ2n) is 6.64. The van der Waals surface area contributed by atoms with Crippen LogP contribution in [0.5, 0.6) is 5.75 Å². The molecule has 0 unspecified atom stereocenters. The van der Waals surface area contributed by atoms with Gasteiger partial charge in [0.1, 0.15) is 11.4 Å². The third kappa shape index (κ3) is 6.18. The molecule has 0 radical (unpaired) electrons. The highest BCUT2D eigenvalue weighted by molar-refractivity contribution is 9.10. The third-order valence-corrected chi connectivity index (χ3v) is 5.24. The van der Waals surface area contributed by atoms with E-state index in [2.05, 4.69) is 26.6 Å². The van der Waals surface area contributed by atoms with Gasteiger partial charge in [-0.2, -0.15) is 0 Å². The number of anilines is 1. The first-order chi connectivity index (χ1) is 15.8. The maximum absolute atomic E-state index is 13.0. The molecule has 168 valence electrons. The molecule has 0 heterocycles. The van der Waals surface area contributed by atoms with Gasteiger partial charge < -0.3 is 15.4 Å². The van der Waals surface area contributed by atoms with E-state index < -0.39 is 16.7 Å². The number of nitrogens with one attached hydrogen (secondary N) is 2. The minimum atomic E-state index is -0.670. The van der Waals surface area contributed by atoms with Gasteiger partial charge in [-0.3, -0.25) is 19.7 Å². The number of benzene rings is 3. The van der Waals surface area contributed by atoms with Crippen molar-refractivity contribution >= 4 is 56.8 Å². The molecule has 0 aliphatic heterocycles. The van der Waals surface area contributed by atoms with Crippen LogP contribution in [0.15, 0.2) is 76.9 Å². The van der Waals surface area contributed by atoms with Crippen LogP contribution < -0.4 is 15.4 Å². The minimum Gasteiger partial charge on any atom is -0.496 e. The molecule has 33 heavy (non-hydrogen) atoms. The highest BCUT2D eigenvalue weighted by Gasteiger charge is 2.19. The van der Waals surface area contributed by atoms with Crippen molar-refractivity contribution in [3.8, 4) is 5.75 Å². The quantitative estimate of drug-likeness (QED) is 0.240. The number of methoxy groups -OCH3 is 1. The van der Waals surface area contributed by atoms with Crippen LogP contribution >= 0.6 is 27.5 Å². The standard InChI is InChI=1S/C23H17BrClN3O5/c1-33-21-10-9-15(24)13-17(21)22(29)27-20(12-14-5-4-6-16(11-14)28(31)32)23(30)26-19-8-3-2-7-18(19)25/h2-13H,1H3,(H,26,30)(H,27,29)/b20-12-. The number of carbonyl (C=O) groups excluding carboxylic acids is 2. The first-order valence-corrected chi connectivity index (χ1v) is 10.6. The second-order valence-corrected chi connectivity index (χ2v) is 7.97. The molecule has 10 heteroatoms. The van der Waals surface area contributed by atoms with Crippen molar-refractivity contribution in [2.75, 3.05) is 12.4 Å². The van der Waals surface area contributed by atoms with Crippen molar-refractivity contribution in [3.05, 3.63) is 103 Å². The summed E-state index contributed by atoms with van der Waals surface area (Å²) >= 11 is 9.44. The molecule has 3 rings (SSSR count). The van der Waals surface area contributed by atoms with E-state index in [0.29, 0.717) is 26.5 Å². The van der Waals surface area contributed by atoms with Gasteiger partial charge in [0.05, 0.1) is 28.3 Å². The summed E-state index contributed by atoms with van der Waals surface area (Å²) in [7, 11) is 1.42. The van der Waals surface area contributed by atoms with Gasteiger partial charge in [0.25, 0.3) is 17.5 Å². The van der Waals surface area contributed by atoms with Crippen LogP contribution in [0.25, 0.3) is 6.08 Å². The third-order valence-electron chi connectivity index (χ3n) is 4.41. The maximum atomic E-state index is 13.0. The lowest BCUT2D eigenvalue weighted by atomic mass is 10.1. The van der Waals surface area contributed by atoms with Gasteiger partial charge >= 0.3 is 0 Å². The Bertz CT molecular complexity index is 1260. The zero-order chi connectivity index (χ0) is 24.0. The molecule has 3 aromatic rings. The molecule has 8 nitrogen and oxygen atoms in total. The number of nitro groups is 1. The average molecular weight is 531 g/mol. The molecule has 0 spiro atoms. The fourth-order valence-electron chi connectivity index (χ4n) is 2.85. The average Bonchev–Trinajstić information content (AvgIpc) is 2.80. The largest absolute Gasteiger partial charge is 0.496 e. The number of nitro benzene ring substituents is 1. The summed E-state index contributed by atoms with van der Waals surface area (Å²) in [6.45, 7) is 0. The summed E-state index contributed by atoms with van der Waals surface area (Å²) in [6.07, 6.45) is 1.33. The Labute approximate surface area is 202 Å². The lowest BCUT2D eigenvalue weighted by molar-refractivity contribution is -0.384. The van der Waals surface area contributed by atoms with E-state index in [4.69, 9.17) is 16.3 Å². The number of nitrogens with zero attached hydrogens (tertiary/aromatic N) is 1. The molecule has 0 aromatic heterocycles. The summed E-state index contributed by atoms with van der Waals surface area (Å²) in [6, 6.07) is 17.1.